The van der Waals surface area contributed by atoms with Crippen molar-refractivity contribution in [2.75, 3.05) is 11.9 Å². The fourth-order valence-electron chi connectivity index (χ4n) is 1.87. The number of hydrogen-bond donors (Lipinski definition) is 1. The summed E-state index contributed by atoms with van der Waals surface area (Å²) in [5, 5.41) is 3.34. The van der Waals surface area contributed by atoms with E-state index in [2.05, 4.69) is 19.2 Å². The molecule has 1 N–H and O–H groups in total. The molecule has 2 rings (SSSR count). The third-order valence-electron chi connectivity index (χ3n) is 2.96. The first-order chi connectivity index (χ1) is 10.1. The Bertz CT molecular complexity index is 601. The molecule has 0 aliphatic carbocycles. The minimum absolute atomic E-state index is 0.138. The minimum Gasteiger partial charge on any atom is -0.491 e. The molecule has 2 nitrogen and oxygen atoms in total. The lowest BCUT2D eigenvalue weighted by Crippen LogP contribution is -2.08. The maximum absolute atomic E-state index is 13.9. The second-order valence-electron chi connectivity index (χ2n) is 5.27. The highest BCUT2D eigenvalue weighted by Gasteiger charge is 2.08. The molecule has 0 heterocycles. The largest absolute Gasteiger partial charge is 0.491 e. The van der Waals surface area contributed by atoms with Crippen LogP contribution in [0.4, 0.5) is 10.1 Å². The van der Waals surface area contributed by atoms with E-state index in [1.54, 1.807) is 18.2 Å². The summed E-state index contributed by atoms with van der Waals surface area (Å²) in [6.07, 6.45) is 0. The molecule has 21 heavy (non-hydrogen) atoms. The van der Waals surface area contributed by atoms with Crippen molar-refractivity contribution in [3.63, 3.8) is 0 Å². The second kappa shape index (κ2) is 7.32. The predicted octanol–water partition coefficient (Wildman–Crippen LogP) is 5.13. The van der Waals surface area contributed by atoms with Gasteiger partial charge >= 0.3 is 0 Å². The molecule has 0 radical (unpaired) electrons. The summed E-state index contributed by atoms with van der Waals surface area (Å²) in [4.78, 5) is 0. The normalized spacial score (nSPS) is 10.7. The summed E-state index contributed by atoms with van der Waals surface area (Å²) in [6.45, 7) is 5.19. The third-order valence-corrected chi connectivity index (χ3v) is 3.25. The molecule has 2 aromatic rings. The van der Waals surface area contributed by atoms with Gasteiger partial charge < -0.3 is 10.1 Å². The van der Waals surface area contributed by atoms with Crippen LogP contribution in [0.1, 0.15) is 19.4 Å². The molecule has 0 spiro atoms. The van der Waals surface area contributed by atoms with E-state index < -0.39 is 0 Å². The van der Waals surface area contributed by atoms with Gasteiger partial charge in [0.25, 0.3) is 0 Å². The summed E-state index contributed by atoms with van der Waals surface area (Å²) in [7, 11) is 0. The molecule has 0 amide bonds. The highest BCUT2D eigenvalue weighted by Crippen LogP contribution is 2.26. The van der Waals surface area contributed by atoms with Crippen molar-refractivity contribution in [2.24, 2.45) is 5.92 Å². The molecule has 0 bridgehead atoms. The molecule has 0 saturated heterocycles. The van der Waals surface area contributed by atoms with Gasteiger partial charge in [-0.3, -0.25) is 0 Å². The van der Waals surface area contributed by atoms with Crippen LogP contribution in [0.15, 0.2) is 42.5 Å². The monoisotopic (exact) mass is 307 g/mol. The summed E-state index contributed by atoms with van der Waals surface area (Å²) >= 11 is 5.78. The molecule has 0 unspecified atom stereocenters. The zero-order valence-electron chi connectivity index (χ0n) is 12.2. The molecular weight excluding hydrogens is 289 g/mol. The van der Waals surface area contributed by atoms with Gasteiger partial charge in [0.1, 0.15) is 11.6 Å². The van der Waals surface area contributed by atoms with Crippen LogP contribution in [0.5, 0.6) is 5.75 Å². The maximum Gasteiger partial charge on any atom is 0.146 e. The number of hydrogen-bond acceptors (Lipinski definition) is 2. The first-order valence-electron chi connectivity index (χ1n) is 6.96. The van der Waals surface area contributed by atoms with Gasteiger partial charge in [0.15, 0.2) is 0 Å². The maximum atomic E-state index is 13.9. The molecule has 112 valence electrons. The quantitative estimate of drug-likeness (QED) is 0.799. The van der Waals surface area contributed by atoms with E-state index in [1.807, 2.05) is 24.3 Å². The second-order valence-corrected chi connectivity index (χ2v) is 5.67. The van der Waals surface area contributed by atoms with Crippen LogP contribution in [-0.2, 0) is 6.54 Å². The molecule has 0 aliphatic heterocycles. The van der Waals surface area contributed by atoms with E-state index in [0.29, 0.717) is 24.6 Å². The molecule has 0 saturated carbocycles. The van der Waals surface area contributed by atoms with Crippen molar-refractivity contribution in [2.45, 2.75) is 20.4 Å². The predicted molar refractivity (Wildman–Crippen MR) is 85.5 cm³/mol. The van der Waals surface area contributed by atoms with Crippen LogP contribution >= 0.6 is 11.6 Å². The number of benzene rings is 2. The fourth-order valence-corrected chi connectivity index (χ4v) is 2.06. The molecule has 0 atom stereocenters. The zero-order chi connectivity index (χ0) is 15.2. The van der Waals surface area contributed by atoms with Gasteiger partial charge in [-0.1, -0.05) is 49.7 Å². The van der Waals surface area contributed by atoms with Gasteiger partial charge in [-0.25, -0.2) is 4.39 Å². The van der Waals surface area contributed by atoms with E-state index in [0.717, 1.165) is 11.4 Å². The lowest BCUT2D eigenvalue weighted by Gasteiger charge is -2.15. The highest BCUT2D eigenvalue weighted by molar-refractivity contribution is 6.30. The molecule has 0 aromatic heterocycles. The van der Waals surface area contributed by atoms with Crippen LogP contribution in [0.2, 0.25) is 5.02 Å². The van der Waals surface area contributed by atoms with Gasteiger partial charge in [0, 0.05) is 12.1 Å². The van der Waals surface area contributed by atoms with Gasteiger partial charge in [0.05, 0.1) is 17.3 Å². The van der Waals surface area contributed by atoms with Gasteiger partial charge in [-0.2, -0.15) is 0 Å². The van der Waals surface area contributed by atoms with E-state index in [1.165, 1.54) is 0 Å². The van der Waals surface area contributed by atoms with E-state index >= 15 is 0 Å². The zero-order valence-corrected chi connectivity index (χ0v) is 13.0. The smallest absolute Gasteiger partial charge is 0.146 e. The Labute approximate surface area is 129 Å². The van der Waals surface area contributed by atoms with Crippen LogP contribution < -0.4 is 10.1 Å². The summed E-state index contributed by atoms with van der Waals surface area (Å²) in [5.41, 5.74) is 1.37. The first kappa shape index (κ1) is 15.6. The van der Waals surface area contributed by atoms with Gasteiger partial charge in [-0.05, 0) is 24.1 Å². The number of nitrogens with one attached hydrogen (secondary N) is 1. The standard InChI is InChI=1S/C17H19ClFNO/c1-12(2)11-21-16-9-4-3-8-15(16)20-10-13-6-5-7-14(18)17(13)19/h3-9,12,20H,10-11H2,1-2H3. The Morgan fingerprint density at radius 1 is 1.14 bits per heavy atom. The van der Waals surface area contributed by atoms with Crippen molar-refractivity contribution in [3.05, 3.63) is 58.9 Å². The summed E-state index contributed by atoms with van der Waals surface area (Å²) < 4.78 is 19.6. The van der Waals surface area contributed by atoms with Crippen LogP contribution in [0, 0.1) is 11.7 Å². The van der Waals surface area contributed by atoms with Crippen LogP contribution in [0.25, 0.3) is 0 Å². The van der Waals surface area contributed by atoms with Crippen molar-refractivity contribution >= 4 is 17.3 Å². The Morgan fingerprint density at radius 3 is 2.67 bits per heavy atom. The number of anilines is 1. The molecule has 4 heteroatoms. The SMILES string of the molecule is CC(C)COc1ccccc1NCc1cccc(Cl)c1F. The van der Waals surface area contributed by atoms with Gasteiger partial charge in [0.2, 0.25) is 0 Å². The topological polar surface area (TPSA) is 21.3 Å². The lowest BCUT2D eigenvalue weighted by molar-refractivity contribution is 0.272. The molecule has 2 aromatic carbocycles. The summed E-state index contributed by atoms with van der Waals surface area (Å²) in [6, 6.07) is 12.6. The average molecular weight is 308 g/mol. The van der Waals surface area contributed by atoms with Gasteiger partial charge in [-0.15, -0.1) is 0 Å². The fraction of sp³-hybridized carbons (Fsp3) is 0.294. The Morgan fingerprint density at radius 2 is 1.90 bits per heavy atom. The number of halogens is 2. The Hall–Kier alpha value is -1.74. The lowest BCUT2D eigenvalue weighted by atomic mass is 10.2. The van der Waals surface area contributed by atoms with E-state index in [4.69, 9.17) is 16.3 Å². The Balaban J connectivity index is 2.07. The molecule has 0 aliphatic rings. The highest BCUT2D eigenvalue weighted by atomic mass is 35.5. The van der Waals surface area contributed by atoms with Crippen LogP contribution in [-0.4, -0.2) is 6.61 Å². The average Bonchev–Trinajstić information content (AvgIpc) is 2.47. The molecular formula is C17H19ClFNO. The van der Waals surface area contributed by atoms with E-state index in [-0.39, 0.29) is 10.8 Å². The minimum atomic E-state index is -0.382. The number of para-hydroxylation sites is 2. The van der Waals surface area contributed by atoms with Crippen molar-refractivity contribution in [3.8, 4) is 5.75 Å². The van der Waals surface area contributed by atoms with E-state index in [9.17, 15) is 4.39 Å². The van der Waals surface area contributed by atoms with Crippen molar-refractivity contribution < 1.29 is 9.13 Å². The molecule has 0 fully saturated rings. The van der Waals surface area contributed by atoms with Crippen LogP contribution in [0.3, 0.4) is 0 Å². The number of rotatable bonds is 6. The van der Waals surface area contributed by atoms with Crippen molar-refractivity contribution in [1.82, 2.24) is 0 Å². The first-order valence-corrected chi connectivity index (χ1v) is 7.34. The Kier molecular flexibility index (Phi) is 5.45. The number of ether oxygens (including phenoxy) is 1. The third kappa shape index (κ3) is 4.36. The van der Waals surface area contributed by atoms with Crippen molar-refractivity contribution in [1.29, 1.82) is 0 Å². The summed E-state index contributed by atoms with van der Waals surface area (Å²) in [5.74, 6) is 0.837.